The van der Waals surface area contributed by atoms with Gasteiger partial charge in [-0.1, -0.05) is 52.7 Å². The van der Waals surface area contributed by atoms with Crippen molar-refractivity contribution < 1.29 is 4.79 Å². The van der Waals surface area contributed by atoms with Crippen LogP contribution in [0.15, 0.2) is 57.8 Å². The molecule has 27 heavy (non-hydrogen) atoms. The van der Waals surface area contributed by atoms with Gasteiger partial charge in [-0.05, 0) is 36.4 Å². The third-order valence-electron chi connectivity index (χ3n) is 3.81. The summed E-state index contributed by atoms with van der Waals surface area (Å²) >= 11 is 13.0. The molecular formula is C19H11Cl2N3O2S. The minimum absolute atomic E-state index is 0.252. The number of para-hydroxylation sites is 1. The van der Waals surface area contributed by atoms with Gasteiger partial charge in [-0.25, -0.2) is 4.99 Å². The van der Waals surface area contributed by atoms with Gasteiger partial charge in [0.2, 0.25) is 0 Å². The molecule has 134 valence electrons. The first-order chi connectivity index (χ1) is 13.0. The fourth-order valence-electron chi connectivity index (χ4n) is 2.66. The number of hydrogen-bond donors (Lipinski definition) is 2. The standard InChI is InChI=1S/C19H11Cl2N3O2S/c20-12-7-13(21)9-14(8-12)22-17-16(27-19(26)24-17)6-11-5-10-3-1-2-4-15(10)23-18(11)25/h1-9,22H,(H,24,26)/b11-6+. The van der Waals surface area contributed by atoms with Gasteiger partial charge in [0.1, 0.15) is 5.82 Å². The lowest BCUT2D eigenvalue weighted by Gasteiger charge is -2.07. The van der Waals surface area contributed by atoms with Gasteiger partial charge in [0.15, 0.2) is 0 Å². The summed E-state index contributed by atoms with van der Waals surface area (Å²) in [6.07, 6.45) is 3.40. The third kappa shape index (κ3) is 3.88. The Kier molecular flexibility index (Phi) is 4.70. The average molecular weight is 416 g/mol. The minimum Gasteiger partial charge on any atom is -0.340 e. The lowest BCUT2D eigenvalue weighted by atomic mass is 10.1. The first-order valence-electron chi connectivity index (χ1n) is 7.86. The molecule has 1 aliphatic rings. The van der Waals surface area contributed by atoms with E-state index in [1.807, 2.05) is 18.2 Å². The van der Waals surface area contributed by atoms with E-state index < -0.39 is 0 Å². The van der Waals surface area contributed by atoms with Crippen LogP contribution in [-0.2, 0) is 4.79 Å². The molecule has 0 atom stereocenters. The van der Waals surface area contributed by atoms with Crippen molar-refractivity contribution in [2.24, 2.45) is 4.99 Å². The van der Waals surface area contributed by atoms with Gasteiger partial charge < -0.3 is 5.32 Å². The van der Waals surface area contributed by atoms with Gasteiger partial charge in [0, 0.05) is 26.5 Å². The van der Waals surface area contributed by atoms with E-state index in [2.05, 4.69) is 15.3 Å². The maximum Gasteiger partial charge on any atom is 0.306 e. The van der Waals surface area contributed by atoms with E-state index >= 15 is 0 Å². The molecule has 2 aromatic carbocycles. The molecule has 2 N–H and O–H groups in total. The summed E-state index contributed by atoms with van der Waals surface area (Å²) in [6, 6.07) is 12.4. The van der Waals surface area contributed by atoms with Gasteiger partial charge >= 0.3 is 4.87 Å². The number of fused-ring (bicyclic) bond motifs is 1. The quantitative estimate of drug-likeness (QED) is 0.642. The van der Waals surface area contributed by atoms with Crippen LogP contribution in [0.4, 0.5) is 11.5 Å². The number of H-pyrrole nitrogens is 1. The fraction of sp³-hybridized carbons (Fsp3) is 0. The number of anilines is 2. The van der Waals surface area contributed by atoms with E-state index in [0.717, 1.165) is 16.6 Å². The Labute approximate surface area is 167 Å². The SMILES string of the molecule is O=C1N=c2ccccc2=C/C1=C\c1sc(=O)[nH]c1Nc1cc(Cl)cc(Cl)c1. The van der Waals surface area contributed by atoms with Crippen LogP contribution in [0.1, 0.15) is 4.88 Å². The highest BCUT2D eigenvalue weighted by Gasteiger charge is 2.14. The van der Waals surface area contributed by atoms with Crippen LogP contribution in [0.2, 0.25) is 10.0 Å². The first kappa shape index (κ1) is 17.7. The molecule has 0 radical (unpaired) electrons. The number of halogens is 2. The van der Waals surface area contributed by atoms with Crippen molar-refractivity contribution in [3.05, 3.63) is 83.2 Å². The maximum absolute atomic E-state index is 12.3. The fourth-order valence-corrected chi connectivity index (χ4v) is 3.93. The molecule has 1 aromatic heterocycles. The molecule has 0 fully saturated rings. The minimum atomic E-state index is -0.355. The molecule has 0 saturated heterocycles. The number of hydrogen-bond acceptors (Lipinski definition) is 4. The second-order valence-corrected chi connectivity index (χ2v) is 7.64. The van der Waals surface area contributed by atoms with Crippen molar-refractivity contribution in [1.29, 1.82) is 0 Å². The van der Waals surface area contributed by atoms with Crippen LogP contribution < -0.4 is 20.8 Å². The predicted molar refractivity (Wildman–Crippen MR) is 109 cm³/mol. The number of benzene rings is 2. The number of thiazole rings is 1. The number of amides is 1. The van der Waals surface area contributed by atoms with Crippen LogP contribution in [0.25, 0.3) is 12.2 Å². The van der Waals surface area contributed by atoms with Gasteiger partial charge in [0.05, 0.1) is 10.2 Å². The van der Waals surface area contributed by atoms with Crippen molar-refractivity contribution in [3.63, 3.8) is 0 Å². The van der Waals surface area contributed by atoms with Crippen molar-refractivity contribution >= 4 is 64.1 Å². The Morgan fingerprint density at radius 1 is 1.07 bits per heavy atom. The molecular weight excluding hydrogens is 405 g/mol. The average Bonchev–Trinajstić information content (AvgIpc) is 2.93. The molecule has 1 aliphatic heterocycles. The van der Waals surface area contributed by atoms with Crippen molar-refractivity contribution in [2.75, 3.05) is 5.32 Å². The Hall–Kier alpha value is -2.67. The van der Waals surface area contributed by atoms with E-state index in [1.165, 1.54) is 0 Å². The third-order valence-corrected chi connectivity index (χ3v) is 5.08. The topological polar surface area (TPSA) is 74.3 Å². The van der Waals surface area contributed by atoms with Gasteiger partial charge in [-0.15, -0.1) is 0 Å². The Morgan fingerprint density at radius 2 is 1.81 bits per heavy atom. The normalized spacial score (nSPS) is 14.4. The molecule has 3 aromatic rings. The molecule has 0 saturated carbocycles. The second-order valence-electron chi connectivity index (χ2n) is 5.76. The van der Waals surface area contributed by atoms with Gasteiger partial charge in [0.25, 0.3) is 5.91 Å². The van der Waals surface area contributed by atoms with Crippen molar-refractivity contribution in [3.8, 4) is 0 Å². The Morgan fingerprint density at radius 3 is 2.59 bits per heavy atom. The van der Waals surface area contributed by atoms with E-state index in [0.29, 0.717) is 37.4 Å². The number of carbonyl (C=O) groups excluding carboxylic acids is 1. The van der Waals surface area contributed by atoms with E-state index in [9.17, 15) is 9.59 Å². The zero-order chi connectivity index (χ0) is 19.0. The molecule has 2 heterocycles. The highest BCUT2D eigenvalue weighted by molar-refractivity contribution is 7.10. The Bertz CT molecular complexity index is 1250. The molecule has 4 rings (SSSR count). The smallest absolute Gasteiger partial charge is 0.306 e. The summed E-state index contributed by atoms with van der Waals surface area (Å²) in [4.78, 5) is 31.3. The molecule has 0 spiro atoms. The monoisotopic (exact) mass is 415 g/mol. The van der Waals surface area contributed by atoms with Crippen molar-refractivity contribution in [2.45, 2.75) is 0 Å². The highest BCUT2D eigenvalue weighted by Crippen LogP contribution is 2.28. The number of aromatic nitrogens is 1. The largest absolute Gasteiger partial charge is 0.340 e. The lowest BCUT2D eigenvalue weighted by molar-refractivity contribution is -0.114. The van der Waals surface area contributed by atoms with E-state index in [1.54, 1.807) is 36.4 Å². The zero-order valence-electron chi connectivity index (χ0n) is 13.6. The summed E-state index contributed by atoms with van der Waals surface area (Å²) in [6.45, 7) is 0. The number of nitrogens with one attached hydrogen (secondary N) is 2. The summed E-state index contributed by atoms with van der Waals surface area (Å²) in [7, 11) is 0. The number of nitrogens with zero attached hydrogens (tertiary/aromatic N) is 1. The van der Waals surface area contributed by atoms with Crippen LogP contribution in [0, 0.1) is 0 Å². The predicted octanol–water partition coefficient (Wildman–Crippen LogP) is 3.51. The molecule has 8 heteroatoms. The molecule has 5 nitrogen and oxygen atoms in total. The number of rotatable bonds is 3. The number of aromatic amines is 1. The van der Waals surface area contributed by atoms with Crippen molar-refractivity contribution in [1.82, 2.24) is 4.98 Å². The zero-order valence-corrected chi connectivity index (χ0v) is 16.0. The van der Waals surface area contributed by atoms with Crippen LogP contribution in [-0.4, -0.2) is 10.9 Å². The molecule has 1 amide bonds. The summed E-state index contributed by atoms with van der Waals surface area (Å²) in [5.41, 5.74) is 1.02. The molecule has 0 unspecified atom stereocenters. The lowest BCUT2D eigenvalue weighted by Crippen LogP contribution is -2.29. The molecule has 0 aliphatic carbocycles. The maximum atomic E-state index is 12.3. The molecule has 0 bridgehead atoms. The second kappa shape index (κ2) is 7.15. The highest BCUT2D eigenvalue weighted by atomic mass is 35.5. The van der Waals surface area contributed by atoms with Crippen LogP contribution >= 0.6 is 34.5 Å². The van der Waals surface area contributed by atoms with Gasteiger partial charge in [-0.2, -0.15) is 0 Å². The summed E-state index contributed by atoms with van der Waals surface area (Å²) in [5.74, 6) is 0.0993. The number of carbonyl (C=O) groups is 1. The van der Waals surface area contributed by atoms with Crippen LogP contribution in [0.3, 0.4) is 0 Å². The summed E-state index contributed by atoms with van der Waals surface area (Å²) in [5, 5.41) is 5.50. The van der Waals surface area contributed by atoms with E-state index in [4.69, 9.17) is 23.2 Å². The first-order valence-corrected chi connectivity index (χ1v) is 9.43. The summed E-state index contributed by atoms with van der Waals surface area (Å²) < 4.78 is 0. The van der Waals surface area contributed by atoms with E-state index in [-0.39, 0.29) is 10.8 Å². The van der Waals surface area contributed by atoms with Crippen LogP contribution in [0.5, 0.6) is 0 Å². The van der Waals surface area contributed by atoms with Gasteiger partial charge in [-0.3, -0.25) is 14.6 Å². The Balaban J connectivity index is 1.75.